The number of aryl methyl sites for hydroxylation is 1. The third-order valence-corrected chi connectivity index (χ3v) is 6.97. The predicted octanol–water partition coefficient (Wildman–Crippen LogP) is 2.48. The highest BCUT2D eigenvalue weighted by Gasteiger charge is 2.24. The molecule has 1 aromatic carbocycles. The van der Waals surface area contributed by atoms with Crippen molar-refractivity contribution in [2.75, 3.05) is 38.2 Å². The molecule has 0 bridgehead atoms. The van der Waals surface area contributed by atoms with Crippen LogP contribution in [0.15, 0.2) is 23.3 Å². The molecule has 0 atom stereocenters. The predicted molar refractivity (Wildman–Crippen MR) is 118 cm³/mol. The molecule has 0 N–H and O–H groups in total. The number of carbonyl (C=O) groups excluding carboxylic acids is 1. The fraction of sp³-hybridized carbons (Fsp3) is 0.400. The summed E-state index contributed by atoms with van der Waals surface area (Å²) < 4.78 is 7.66. The molecule has 0 aliphatic carbocycles. The molecule has 30 heavy (non-hydrogen) atoms. The second kappa shape index (κ2) is 8.23. The highest BCUT2D eigenvalue weighted by molar-refractivity contribution is 7.22. The van der Waals surface area contributed by atoms with Gasteiger partial charge >= 0.3 is 0 Å². The normalized spacial score (nSPS) is 14.4. The van der Waals surface area contributed by atoms with Gasteiger partial charge in [0, 0.05) is 37.4 Å². The fourth-order valence-electron chi connectivity index (χ4n) is 3.42. The van der Waals surface area contributed by atoms with E-state index in [4.69, 9.17) is 21.3 Å². The van der Waals surface area contributed by atoms with Gasteiger partial charge in [-0.25, -0.2) is 9.97 Å². The number of piperazine rings is 1. The zero-order valence-electron chi connectivity index (χ0n) is 17.0. The molecule has 3 aromatic rings. The summed E-state index contributed by atoms with van der Waals surface area (Å²) in [4.78, 5) is 37.9. The molecule has 0 radical (unpaired) electrons. The maximum atomic E-state index is 12.7. The first-order valence-corrected chi connectivity index (χ1v) is 10.8. The minimum absolute atomic E-state index is 0.000891. The van der Waals surface area contributed by atoms with E-state index in [1.807, 2.05) is 12.1 Å². The third kappa shape index (κ3) is 3.75. The van der Waals surface area contributed by atoms with E-state index in [2.05, 4.69) is 9.88 Å². The van der Waals surface area contributed by atoms with Gasteiger partial charge in [0.25, 0.3) is 5.56 Å². The molecule has 1 saturated heterocycles. The number of amides is 1. The van der Waals surface area contributed by atoms with Gasteiger partial charge in [-0.15, -0.1) is 0 Å². The standard InChI is InChI=1S/C20H22ClN5O3S/c1-12-13(2)22-11-26(19(12)28)10-16(27)24-6-8-25(9-7-24)20-23-17-15(29-3)5-4-14(21)18(17)30-20/h4-5,11H,6-10H2,1-3H3. The molecule has 0 spiro atoms. The van der Waals surface area contributed by atoms with E-state index in [0.29, 0.717) is 48.2 Å². The maximum Gasteiger partial charge on any atom is 0.256 e. The Balaban J connectivity index is 1.45. The monoisotopic (exact) mass is 447 g/mol. The molecule has 8 nitrogen and oxygen atoms in total. The van der Waals surface area contributed by atoms with Crippen LogP contribution in [0.4, 0.5) is 5.13 Å². The first-order valence-electron chi connectivity index (χ1n) is 9.57. The number of nitrogens with zero attached hydrogens (tertiary/aromatic N) is 5. The van der Waals surface area contributed by atoms with Gasteiger partial charge in [-0.3, -0.25) is 14.2 Å². The van der Waals surface area contributed by atoms with Crippen molar-refractivity contribution in [1.82, 2.24) is 19.4 Å². The molecule has 1 fully saturated rings. The van der Waals surface area contributed by atoms with E-state index >= 15 is 0 Å². The van der Waals surface area contributed by atoms with Crippen LogP contribution in [0, 0.1) is 13.8 Å². The number of benzene rings is 1. The number of rotatable bonds is 4. The number of fused-ring (bicyclic) bond motifs is 1. The number of aromatic nitrogens is 3. The number of ether oxygens (including phenoxy) is 1. The Morgan fingerprint density at radius 3 is 2.67 bits per heavy atom. The van der Waals surface area contributed by atoms with Crippen LogP contribution >= 0.6 is 22.9 Å². The van der Waals surface area contributed by atoms with E-state index in [-0.39, 0.29) is 18.0 Å². The summed E-state index contributed by atoms with van der Waals surface area (Å²) in [7, 11) is 1.61. The number of hydrogen-bond acceptors (Lipinski definition) is 7. The van der Waals surface area contributed by atoms with Crippen molar-refractivity contribution in [3.63, 3.8) is 0 Å². The first kappa shape index (κ1) is 20.6. The van der Waals surface area contributed by atoms with Gasteiger partial charge in [-0.1, -0.05) is 22.9 Å². The lowest BCUT2D eigenvalue weighted by atomic mass is 10.2. The van der Waals surface area contributed by atoms with Crippen LogP contribution in [-0.2, 0) is 11.3 Å². The van der Waals surface area contributed by atoms with Crippen molar-refractivity contribution in [2.24, 2.45) is 0 Å². The zero-order valence-corrected chi connectivity index (χ0v) is 18.6. The highest BCUT2D eigenvalue weighted by Crippen LogP contribution is 2.38. The molecule has 3 heterocycles. The summed E-state index contributed by atoms with van der Waals surface area (Å²) in [6.45, 7) is 5.95. The van der Waals surface area contributed by atoms with Crippen LogP contribution in [0.5, 0.6) is 5.75 Å². The van der Waals surface area contributed by atoms with Gasteiger partial charge in [0.1, 0.15) is 17.8 Å². The summed E-state index contributed by atoms with van der Waals surface area (Å²) in [6.07, 6.45) is 1.44. The fourth-order valence-corrected chi connectivity index (χ4v) is 4.73. The van der Waals surface area contributed by atoms with Gasteiger partial charge in [0.05, 0.1) is 23.2 Å². The average Bonchev–Trinajstić information content (AvgIpc) is 3.21. The van der Waals surface area contributed by atoms with E-state index in [1.165, 1.54) is 22.2 Å². The van der Waals surface area contributed by atoms with Crippen LogP contribution in [0.1, 0.15) is 11.3 Å². The number of halogens is 1. The van der Waals surface area contributed by atoms with Gasteiger partial charge in [-0.05, 0) is 26.0 Å². The number of methoxy groups -OCH3 is 1. The van der Waals surface area contributed by atoms with Crippen molar-refractivity contribution in [3.05, 3.63) is 45.1 Å². The van der Waals surface area contributed by atoms with Crippen molar-refractivity contribution >= 4 is 44.2 Å². The van der Waals surface area contributed by atoms with Crippen LogP contribution in [0.25, 0.3) is 10.2 Å². The summed E-state index contributed by atoms with van der Waals surface area (Å²) in [5, 5.41) is 1.51. The molecule has 158 valence electrons. The number of carbonyl (C=O) groups is 1. The van der Waals surface area contributed by atoms with Crippen LogP contribution < -0.4 is 15.2 Å². The minimum Gasteiger partial charge on any atom is -0.494 e. The lowest BCUT2D eigenvalue weighted by molar-refractivity contribution is -0.132. The third-order valence-electron chi connectivity index (χ3n) is 5.39. The molecule has 0 unspecified atom stereocenters. The van der Waals surface area contributed by atoms with E-state index in [0.717, 1.165) is 15.3 Å². The molecule has 1 aliphatic rings. The number of thiazole rings is 1. The summed E-state index contributed by atoms with van der Waals surface area (Å²) in [6, 6.07) is 3.62. The minimum atomic E-state index is -0.171. The number of anilines is 1. The van der Waals surface area contributed by atoms with Crippen LogP contribution in [0.3, 0.4) is 0 Å². The molecular formula is C20H22ClN5O3S. The maximum absolute atomic E-state index is 12.7. The molecule has 1 aliphatic heterocycles. The van der Waals surface area contributed by atoms with Gasteiger partial charge in [-0.2, -0.15) is 0 Å². The topological polar surface area (TPSA) is 80.6 Å². The molecule has 1 amide bonds. The lowest BCUT2D eigenvalue weighted by Gasteiger charge is -2.34. The molecular weight excluding hydrogens is 426 g/mol. The Hall–Kier alpha value is -2.65. The van der Waals surface area contributed by atoms with Gasteiger partial charge in [0.15, 0.2) is 5.13 Å². The van der Waals surface area contributed by atoms with Crippen molar-refractivity contribution in [3.8, 4) is 5.75 Å². The molecule has 2 aromatic heterocycles. The lowest BCUT2D eigenvalue weighted by Crippen LogP contribution is -2.50. The molecule has 4 rings (SSSR count). The largest absolute Gasteiger partial charge is 0.494 e. The van der Waals surface area contributed by atoms with E-state index < -0.39 is 0 Å². The Labute approximate surface area is 182 Å². The Morgan fingerprint density at radius 2 is 1.97 bits per heavy atom. The Kier molecular flexibility index (Phi) is 5.66. The summed E-state index contributed by atoms with van der Waals surface area (Å²) in [5.74, 6) is 0.606. The van der Waals surface area contributed by atoms with Gasteiger partial charge in [0.2, 0.25) is 5.91 Å². The van der Waals surface area contributed by atoms with Gasteiger partial charge < -0.3 is 14.5 Å². The summed E-state index contributed by atoms with van der Waals surface area (Å²) in [5.41, 5.74) is 1.84. The smallest absolute Gasteiger partial charge is 0.256 e. The zero-order chi connectivity index (χ0) is 21.4. The van der Waals surface area contributed by atoms with Crippen LogP contribution in [0.2, 0.25) is 5.02 Å². The second-order valence-corrected chi connectivity index (χ2v) is 8.56. The first-order chi connectivity index (χ1) is 14.4. The van der Waals surface area contributed by atoms with Crippen molar-refractivity contribution in [1.29, 1.82) is 0 Å². The Bertz CT molecular complexity index is 1170. The molecule has 0 saturated carbocycles. The quantitative estimate of drug-likeness (QED) is 0.611. The second-order valence-electron chi connectivity index (χ2n) is 7.18. The summed E-state index contributed by atoms with van der Waals surface area (Å²) >= 11 is 7.85. The van der Waals surface area contributed by atoms with Crippen LogP contribution in [-0.4, -0.2) is 58.6 Å². The van der Waals surface area contributed by atoms with Crippen molar-refractivity contribution < 1.29 is 9.53 Å². The molecule has 10 heteroatoms. The average molecular weight is 448 g/mol. The van der Waals surface area contributed by atoms with E-state index in [9.17, 15) is 9.59 Å². The Morgan fingerprint density at radius 1 is 1.23 bits per heavy atom. The highest BCUT2D eigenvalue weighted by atomic mass is 35.5. The number of hydrogen-bond donors (Lipinski definition) is 0. The SMILES string of the molecule is COc1ccc(Cl)c2sc(N3CCN(C(=O)Cn4cnc(C)c(C)c4=O)CC3)nc12. The van der Waals surface area contributed by atoms with E-state index in [1.54, 1.807) is 25.9 Å². The van der Waals surface area contributed by atoms with Crippen molar-refractivity contribution in [2.45, 2.75) is 20.4 Å².